The number of halogens is 5. The fraction of sp³-hybridized carbons (Fsp3) is 0.360. The third-order valence-corrected chi connectivity index (χ3v) is 5.17. The summed E-state index contributed by atoms with van der Waals surface area (Å²) in [4.78, 5) is 48.5. The van der Waals surface area contributed by atoms with Crippen LogP contribution in [0.2, 0.25) is 0 Å². The van der Waals surface area contributed by atoms with E-state index in [1.54, 1.807) is 30.3 Å². The second kappa shape index (κ2) is 13.7. The van der Waals surface area contributed by atoms with Gasteiger partial charge in [0.2, 0.25) is 34.8 Å². The van der Waals surface area contributed by atoms with Gasteiger partial charge in [-0.2, -0.15) is 8.78 Å². The maximum Gasteiger partial charge on any atom is 0.509 e. The summed E-state index contributed by atoms with van der Waals surface area (Å²) >= 11 is 0. The zero-order chi connectivity index (χ0) is 30.2. The lowest BCUT2D eigenvalue weighted by molar-refractivity contribution is -0.173. The molecule has 0 aliphatic carbocycles. The van der Waals surface area contributed by atoms with Crippen LogP contribution in [0, 0.1) is 34.5 Å². The first-order valence-corrected chi connectivity index (χ1v) is 11.3. The Hall–Kier alpha value is -4.27. The Labute approximate surface area is 223 Å². The van der Waals surface area contributed by atoms with E-state index in [0.717, 1.165) is 13.8 Å². The van der Waals surface area contributed by atoms with E-state index < -0.39 is 89.7 Å². The van der Waals surface area contributed by atoms with Gasteiger partial charge in [0.1, 0.15) is 18.6 Å². The van der Waals surface area contributed by atoms with Gasteiger partial charge in [0.15, 0.2) is 12.2 Å². The van der Waals surface area contributed by atoms with Crippen LogP contribution in [0.3, 0.4) is 0 Å². The van der Waals surface area contributed by atoms with E-state index in [1.807, 2.05) is 0 Å². The van der Waals surface area contributed by atoms with Crippen LogP contribution in [0.1, 0.15) is 26.3 Å². The Morgan fingerprint density at radius 2 is 1.32 bits per heavy atom. The molecule has 0 saturated carbocycles. The molecule has 0 spiro atoms. The summed E-state index contributed by atoms with van der Waals surface area (Å²) < 4.78 is 90.9. The van der Waals surface area contributed by atoms with E-state index in [0.29, 0.717) is 5.56 Å². The van der Waals surface area contributed by atoms with Crippen LogP contribution in [-0.2, 0) is 39.9 Å². The molecule has 3 atom stereocenters. The molecule has 15 heteroatoms. The first-order valence-electron chi connectivity index (χ1n) is 11.3. The molecule has 3 unspecified atom stereocenters. The lowest BCUT2D eigenvalue weighted by Gasteiger charge is -2.24. The van der Waals surface area contributed by atoms with Crippen molar-refractivity contribution >= 4 is 24.1 Å². The van der Waals surface area contributed by atoms with Crippen molar-refractivity contribution in [3.05, 3.63) is 65.0 Å². The van der Waals surface area contributed by atoms with Crippen molar-refractivity contribution in [3.63, 3.8) is 0 Å². The first kappa shape index (κ1) is 31.9. The van der Waals surface area contributed by atoms with Gasteiger partial charge in [-0.25, -0.2) is 27.6 Å². The van der Waals surface area contributed by atoms with E-state index >= 15 is 0 Å². The quantitative estimate of drug-likeness (QED) is 0.105. The van der Waals surface area contributed by atoms with Gasteiger partial charge in [0, 0.05) is 0 Å². The highest BCUT2D eigenvalue weighted by molar-refractivity contribution is 5.82. The Kier molecular flexibility index (Phi) is 10.9. The number of hydrogen-bond donors (Lipinski definition) is 1. The predicted octanol–water partition coefficient (Wildman–Crippen LogP) is 3.50. The van der Waals surface area contributed by atoms with Gasteiger partial charge in [-0.1, -0.05) is 30.3 Å². The van der Waals surface area contributed by atoms with Crippen molar-refractivity contribution in [3.8, 4) is 5.75 Å². The van der Waals surface area contributed by atoms with Gasteiger partial charge in [-0.05, 0) is 26.3 Å². The van der Waals surface area contributed by atoms with Crippen LogP contribution in [0.25, 0.3) is 0 Å². The topological polar surface area (TPSA) is 135 Å². The molecule has 2 aromatic rings. The van der Waals surface area contributed by atoms with Crippen molar-refractivity contribution in [2.24, 2.45) is 5.41 Å². The molecular weight excluding hydrogens is 555 g/mol. The number of esters is 3. The Bertz CT molecular complexity index is 1230. The van der Waals surface area contributed by atoms with Crippen LogP contribution in [0.15, 0.2) is 30.3 Å². The van der Waals surface area contributed by atoms with Gasteiger partial charge in [0.25, 0.3) is 0 Å². The molecule has 40 heavy (non-hydrogen) atoms. The fourth-order valence-corrected chi connectivity index (χ4v) is 2.67. The molecular formula is C25H23F5O10. The van der Waals surface area contributed by atoms with E-state index in [2.05, 4.69) is 14.2 Å². The molecule has 2 rings (SSSR count). The zero-order valence-corrected chi connectivity index (χ0v) is 21.2. The molecule has 1 N–H and O–H groups in total. The molecule has 0 aliphatic heterocycles. The van der Waals surface area contributed by atoms with Crippen LogP contribution >= 0.6 is 0 Å². The molecule has 218 valence electrons. The van der Waals surface area contributed by atoms with Crippen molar-refractivity contribution < 1.29 is 69.9 Å². The second-order valence-electron chi connectivity index (χ2n) is 8.48. The zero-order valence-electron chi connectivity index (χ0n) is 21.2. The fourth-order valence-electron chi connectivity index (χ4n) is 2.67. The molecule has 0 bridgehead atoms. The summed E-state index contributed by atoms with van der Waals surface area (Å²) in [5.41, 5.74) is -1.60. The maximum absolute atomic E-state index is 13.8. The Morgan fingerprint density at radius 1 is 0.800 bits per heavy atom. The molecule has 0 heterocycles. The molecule has 0 amide bonds. The van der Waals surface area contributed by atoms with Crippen molar-refractivity contribution in [2.75, 3.05) is 13.2 Å². The molecule has 10 nitrogen and oxygen atoms in total. The van der Waals surface area contributed by atoms with E-state index in [1.165, 1.54) is 6.92 Å². The average molecular weight is 578 g/mol. The van der Waals surface area contributed by atoms with Crippen molar-refractivity contribution in [2.45, 2.75) is 39.6 Å². The summed E-state index contributed by atoms with van der Waals surface area (Å²) in [5.74, 6) is -17.9. The number of aliphatic hydroxyl groups excluding tert-OH is 1. The number of aliphatic hydroxyl groups is 1. The molecule has 0 aromatic heterocycles. The predicted molar refractivity (Wildman–Crippen MR) is 121 cm³/mol. The SMILES string of the molecule is CC(OC(=O)OCC(C)(CO)C(=O)Oc1c(F)c(F)c(F)c(F)c1F)C(=O)OC(C)C(=O)OCc1ccccc1. The average Bonchev–Trinajstić information content (AvgIpc) is 2.94. The highest BCUT2D eigenvalue weighted by atomic mass is 19.2. The number of carbonyl (C=O) groups excluding carboxylic acids is 4. The lowest BCUT2D eigenvalue weighted by Crippen LogP contribution is -2.41. The molecule has 0 saturated heterocycles. The van der Waals surface area contributed by atoms with Crippen molar-refractivity contribution in [1.82, 2.24) is 0 Å². The van der Waals surface area contributed by atoms with Gasteiger partial charge >= 0.3 is 24.1 Å². The van der Waals surface area contributed by atoms with Crippen LogP contribution < -0.4 is 4.74 Å². The summed E-state index contributed by atoms with van der Waals surface area (Å²) in [6.45, 7) is 0.772. The smallest absolute Gasteiger partial charge is 0.458 e. The van der Waals surface area contributed by atoms with E-state index in [-0.39, 0.29) is 6.61 Å². The minimum Gasteiger partial charge on any atom is -0.458 e. The highest BCUT2D eigenvalue weighted by Crippen LogP contribution is 2.31. The van der Waals surface area contributed by atoms with Gasteiger partial charge in [-0.3, -0.25) is 4.79 Å². The van der Waals surface area contributed by atoms with Crippen LogP contribution in [0.4, 0.5) is 26.7 Å². The summed E-state index contributed by atoms with van der Waals surface area (Å²) in [5, 5.41) is 9.53. The number of hydrogen-bond acceptors (Lipinski definition) is 10. The molecule has 0 aliphatic rings. The van der Waals surface area contributed by atoms with Gasteiger partial charge in [-0.15, -0.1) is 0 Å². The minimum absolute atomic E-state index is 0.0870. The number of ether oxygens (including phenoxy) is 5. The summed E-state index contributed by atoms with van der Waals surface area (Å²) in [7, 11) is 0. The number of carbonyl (C=O) groups is 4. The molecule has 2 aromatic carbocycles. The number of rotatable bonds is 11. The largest absolute Gasteiger partial charge is 0.509 e. The van der Waals surface area contributed by atoms with Crippen LogP contribution in [0.5, 0.6) is 5.75 Å². The molecule has 0 radical (unpaired) electrons. The van der Waals surface area contributed by atoms with Crippen molar-refractivity contribution in [1.29, 1.82) is 0 Å². The van der Waals surface area contributed by atoms with Crippen LogP contribution in [-0.4, -0.2) is 54.6 Å². The van der Waals surface area contributed by atoms with E-state index in [9.17, 15) is 46.2 Å². The minimum atomic E-state index is -2.49. The Balaban J connectivity index is 1.91. The third-order valence-electron chi connectivity index (χ3n) is 5.17. The van der Waals surface area contributed by atoms with Gasteiger partial charge < -0.3 is 28.8 Å². The maximum atomic E-state index is 13.8. The number of benzene rings is 2. The second-order valence-corrected chi connectivity index (χ2v) is 8.48. The first-order chi connectivity index (χ1) is 18.7. The summed E-state index contributed by atoms with van der Waals surface area (Å²) in [6.07, 6.45) is -4.61. The standard InChI is InChI=1S/C25H23F5O10/c1-12(21(32)36-9-14-7-5-4-6-8-14)38-22(33)13(2)39-24(35)37-11-25(3,10-31)23(34)40-20-18(29)16(27)15(26)17(28)19(20)30/h4-8,12-13,31H,9-11H2,1-3H3. The Morgan fingerprint density at radius 3 is 1.88 bits per heavy atom. The summed E-state index contributed by atoms with van der Waals surface area (Å²) in [6, 6.07) is 8.62. The molecule has 0 fully saturated rings. The highest BCUT2D eigenvalue weighted by Gasteiger charge is 2.40. The monoisotopic (exact) mass is 578 g/mol. The normalized spacial score (nSPS) is 13.8. The lowest BCUT2D eigenvalue weighted by atomic mass is 9.93. The third kappa shape index (κ3) is 7.88. The van der Waals surface area contributed by atoms with Gasteiger partial charge in [0.05, 0.1) is 6.61 Å². The van der Waals surface area contributed by atoms with E-state index in [4.69, 9.17) is 9.47 Å².